The second kappa shape index (κ2) is 13.4. The predicted molar refractivity (Wildman–Crippen MR) is 165 cm³/mol. The average Bonchev–Trinajstić information content (AvgIpc) is 3.06. The normalized spacial score (nSPS) is 15.6. The maximum Gasteiger partial charge on any atom is 0.162 e. The molecule has 1 N–H and O–H groups in total. The van der Waals surface area contributed by atoms with E-state index in [2.05, 4.69) is 0 Å². The van der Waals surface area contributed by atoms with Crippen molar-refractivity contribution in [3.63, 3.8) is 0 Å². The standard InChI is InChI=1S/C37H34O6/c1-39-33-18-17-29(19-36(33)42-25-28-15-9-4-10-16-28)37-32(38)22-31-34(41-24-27-13-7-3-8-14-27)20-30(21-35(31)43-37)40-23-26-11-5-2-6-12-26/h2-21,32,37-38H,22-25H2,1H3/t32-,37+/m0/s1. The molecule has 0 saturated carbocycles. The van der Waals surface area contributed by atoms with Gasteiger partial charge in [-0.25, -0.2) is 0 Å². The van der Waals surface area contributed by atoms with Gasteiger partial charge in [-0.2, -0.15) is 0 Å². The highest BCUT2D eigenvalue weighted by Crippen LogP contribution is 2.44. The maximum absolute atomic E-state index is 11.3. The third-order valence-corrected chi connectivity index (χ3v) is 7.40. The summed E-state index contributed by atoms with van der Waals surface area (Å²) < 4.78 is 30.7. The lowest BCUT2D eigenvalue weighted by atomic mass is 9.93. The third-order valence-electron chi connectivity index (χ3n) is 7.40. The van der Waals surface area contributed by atoms with Gasteiger partial charge in [0.15, 0.2) is 11.5 Å². The Labute approximate surface area is 252 Å². The zero-order valence-corrected chi connectivity index (χ0v) is 24.0. The van der Waals surface area contributed by atoms with Crippen molar-refractivity contribution in [3.8, 4) is 28.7 Å². The quantitative estimate of drug-likeness (QED) is 0.177. The van der Waals surface area contributed by atoms with Crippen molar-refractivity contribution in [3.05, 3.63) is 149 Å². The Bertz CT molecular complexity index is 1620. The lowest BCUT2D eigenvalue weighted by Crippen LogP contribution is -2.30. The predicted octanol–water partition coefficient (Wildman–Crippen LogP) is 7.47. The molecule has 5 aromatic rings. The van der Waals surface area contributed by atoms with Crippen molar-refractivity contribution in [2.24, 2.45) is 0 Å². The van der Waals surface area contributed by atoms with Crippen molar-refractivity contribution in [2.75, 3.05) is 7.11 Å². The Morgan fingerprint density at radius 1 is 0.628 bits per heavy atom. The second-order valence-corrected chi connectivity index (χ2v) is 10.4. The van der Waals surface area contributed by atoms with Crippen molar-refractivity contribution in [1.29, 1.82) is 0 Å². The fourth-order valence-corrected chi connectivity index (χ4v) is 5.13. The van der Waals surface area contributed by atoms with Crippen LogP contribution in [0.1, 0.15) is 33.9 Å². The van der Waals surface area contributed by atoms with Crippen LogP contribution in [0.2, 0.25) is 0 Å². The maximum atomic E-state index is 11.3. The van der Waals surface area contributed by atoms with Crippen molar-refractivity contribution < 1.29 is 28.8 Å². The highest BCUT2D eigenvalue weighted by molar-refractivity contribution is 5.53. The van der Waals surface area contributed by atoms with Gasteiger partial charge in [0, 0.05) is 24.1 Å². The monoisotopic (exact) mass is 574 g/mol. The summed E-state index contributed by atoms with van der Waals surface area (Å²) in [7, 11) is 1.61. The zero-order chi connectivity index (χ0) is 29.4. The lowest BCUT2D eigenvalue weighted by Gasteiger charge is -2.32. The SMILES string of the molecule is COc1ccc([C@H]2Oc3cc(OCc4ccccc4)cc(OCc4ccccc4)c3C[C@@H]2O)cc1OCc1ccccc1. The molecule has 1 aliphatic heterocycles. The van der Waals surface area contributed by atoms with Crippen LogP contribution in [-0.2, 0) is 26.2 Å². The Hall–Kier alpha value is -4.94. The summed E-state index contributed by atoms with van der Waals surface area (Å²) in [5.74, 6) is 3.06. The van der Waals surface area contributed by atoms with Crippen molar-refractivity contribution in [1.82, 2.24) is 0 Å². The van der Waals surface area contributed by atoms with Gasteiger partial charge in [0.05, 0.1) is 13.2 Å². The van der Waals surface area contributed by atoms with Gasteiger partial charge in [-0.05, 0) is 34.4 Å². The van der Waals surface area contributed by atoms with Gasteiger partial charge in [0.2, 0.25) is 0 Å². The molecular weight excluding hydrogens is 540 g/mol. The molecule has 218 valence electrons. The molecule has 1 heterocycles. The molecule has 0 unspecified atom stereocenters. The van der Waals surface area contributed by atoms with E-state index in [0.717, 1.165) is 27.8 Å². The Morgan fingerprint density at radius 3 is 1.77 bits per heavy atom. The van der Waals surface area contributed by atoms with Crippen LogP contribution in [0.5, 0.6) is 28.7 Å². The van der Waals surface area contributed by atoms with E-state index in [1.807, 2.05) is 121 Å². The Kier molecular flexibility index (Phi) is 8.76. The molecular formula is C37H34O6. The van der Waals surface area contributed by atoms with Crippen molar-refractivity contribution >= 4 is 0 Å². The highest BCUT2D eigenvalue weighted by atomic mass is 16.5. The summed E-state index contributed by atoms with van der Waals surface area (Å²) in [5.41, 5.74) is 4.74. The first kappa shape index (κ1) is 28.2. The summed E-state index contributed by atoms with van der Waals surface area (Å²) in [6.45, 7) is 1.18. The molecule has 6 heteroatoms. The van der Waals surface area contributed by atoms with Crippen LogP contribution in [0, 0.1) is 0 Å². The van der Waals surface area contributed by atoms with E-state index >= 15 is 0 Å². The fourth-order valence-electron chi connectivity index (χ4n) is 5.13. The fraction of sp³-hybridized carbons (Fsp3) is 0.189. The summed E-state index contributed by atoms with van der Waals surface area (Å²) in [5, 5.41) is 11.3. The number of ether oxygens (including phenoxy) is 5. The summed E-state index contributed by atoms with van der Waals surface area (Å²) >= 11 is 0. The van der Waals surface area contributed by atoms with Crippen molar-refractivity contribution in [2.45, 2.75) is 38.4 Å². The molecule has 0 saturated heterocycles. The van der Waals surface area contributed by atoms with E-state index in [0.29, 0.717) is 55.0 Å². The van der Waals surface area contributed by atoms with Crippen LogP contribution in [0.15, 0.2) is 121 Å². The number of methoxy groups -OCH3 is 1. The molecule has 0 amide bonds. The van der Waals surface area contributed by atoms with Gasteiger partial charge in [-0.1, -0.05) is 97.1 Å². The van der Waals surface area contributed by atoms with E-state index in [-0.39, 0.29) is 0 Å². The molecule has 0 radical (unpaired) electrons. The van der Waals surface area contributed by atoms with Crippen LogP contribution in [-0.4, -0.2) is 18.3 Å². The number of benzene rings is 5. The van der Waals surface area contributed by atoms with Gasteiger partial charge >= 0.3 is 0 Å². The second-order valence-electron chi connectivity index (χ2n) is 10.4. The largest absolute Gasteiger partial charge is 0.493 e. The van der Waals surface area contributed by atoms with Crippen LogP contribution >= 0.6 is 0 Å². The minimum atomic E-state index is -0.807. The van der Waals surface area contributed by atoms with Crippen LogP contribution in [0.25, 0.3) is 0 Å². The summed E-state index contributed by atoms with van der Waals surface area (Å²) in [6, 6.07) is 39.3. The zero-order valence-electron chi connectivity index (χ0n) is 24.0. The summed E-state index contributed by atoms with van der Waals surface area (Å²) in [4.78, 5) is 0. The number of hydrogen-bond acceptors (Lipinski definition) is 6. The molecule has 0 bridgehead atoms. The Morgan fingerprint density at radius 2 is 1.19 bits per heavy atom. The van der Waals surface area contributed by atoms with Crippen LogP contribution < -0.4 is 23.7 Å². The molecule has 5 aromatic carbocycles. The van der Waals surface area contributed by atoms with Crippen LogP contribution in [0.4, 0.5) is 0 Å². The average molecular weight is 575 g/mol. The number of fused-ring (bicyclic) bond motifs is 1. The number of hydrogen-bond donors (Lipinski definition) is 1. The molecule has 43 heavy (non-hydrogen) atoms. The lowest BCUT2D eigenvalue weighted by molar-refractivity contribution is 0.0192. The van der Waals surface area contributed by atoms with E-state index in [1.165, 1.54) is 0 Å². The van der Waals surface area contributed by atoms with Gasteiger partial charge in [-0.3, -0.25) is 0 Å². The molecule has 0 aromatic heterocycles. The first-order valence-corrected chi connectivity index (χ1v) is 14.4. The van der Waals surface area contributed by atoms with E-state index < -0.39 is 12.2 Å². The van der Waals surface area contributed by atoms with Gasteiger partial charge in [-0.15, -0.1) is 0 Å². The molecule has 0 aliphatic carbocycles. The summed E-state index contributed by atoms with van der Waals surface area (Å²) in [6.07, 6.45) is -1.07. The van der Waals surface area contributed by atoms with Crippen LogP contribution in [0.3, 0.4) is 0 Å². The highest BCUT2D eigenvalue weighted by Gasteiger charge is 2.33. The molecule has 6 rings (SSSR count). The topological polar surface area (TPSA) is 66.4 Å². The number of rotatable bonds is 11. The molecule has 2 atom stereocenters. The molecule has 0 fully saturated rings. The van der Waals surface area contributed by atoms with Gasteiger partial charge < -0.3 is 28.8 Å². The molecule has 6 nitrogen and oxygen atoms in total. The third kappa shape index (κ3) is 6.93. The smallest absolute Gasteiger partial charge is 0.162 e. The molecule has 0 spiro atoms. The minimum absolute atomic E-state index is 0.356. The van der Waals surface area contributed by atoms with E-state index in [9.17, 15) is 5.11 Å². The minimum Gasteiger partial charge on any atom is -0.493 e. The first-order chi connectivity index (χ1) is 21.2. The van der Waals surface area contributed by atoms with Gasteiger partial charge in [0.25, 0.3) is 0 Å². The van der Waals surface area contributed by atoms with E-state index in [1.54, 1.807) is 7.11 Å². The Balaban J connectivity index is 1.27. The first-order valence-electron chi connectivity index (χ1n) is 14.4. The molecule has 1 aliphatic rings. The number of aliphatic hydroxyl groups excluding tert-OH is 1. The van der Waals surface area contributed by atoms with Gasteiger partial charge in [0.1, 0.15) is 43.2 Å². The van der Waals surface area contributed by atoms with E-state index in [4.69, 9.17) is 23.7 Å². The number of aliphatic hydroxyl groups is 1.